The van der Waals surface area contributed by atoms with E-state index in [1.807, 2.05) is 13.0 Å². The number of pyridine rings is 1. The molecule has 0 aliphatic heterocycles. The molecule has 0 spiro atoms. The molecule has 0 saturated carbocycles. The minimum Gasteiger partial charge on any atom is -0.280 e. The third kappa shape index (κ3) is 3.21. The summed E-state index contributed by atoms with van der Waals surface area (Å²) in [6.45, 7) is 1.89. The first-order chi connectivity index (χ1) is 11.8. The molecule has 0 radical (unpaired) electrons. The molecule has 0 saturated heterocycles. The van der Waals surface area contributed by atoms with Crippen LogP contribution in [0.2, 0.25) is 10.0 Å². The standard InChI is InChI=1S/C17H15Cl2N3O2S/c1-9-7-20-15-13(16(23)22(3)17(24)21(15)2)14(9)25-8-10-4-5-11(18)6-12(10)19/h4-7H,8H2,1-3H3. The van der Waals surface area contributed by atoms with Gasteiger partial charge < -0.3 is 0 Å². The number of benzene rings is 1. The lowest BCUT2D eigenvalue weighted by molar-refractivity contribution is 0.705. The monoisotopic (exact) mass is 395 g/mol. The highest BCUT2D eigenvalue weighted by molar-refractivity contribution is 7.98. The second-order valence-electron chi connectivity index (χ2n) is 5.70. The Morgan fingerprint density at radius 3 is 2.56 bits per heavy atom. The number of nitrogens with zero attached hydrogens (tertiary/aromatic N) is 3. The number of hydrogen-bond acceptors (Lipinski definition) is 4. The summed E-state index contributed by atoms with van der Waals surface area (Å²) >= 11 is 13.7. The molecule has 130 valence electrons. The fourth-order valence-electron chi connectivity index (χ4n) is 2.57. The van der Waals surface area contributed by atoms with Gasteiger partial charge in [0, 0.05) is 41.0 Å². The number of halogens is 2. The quantitative estimate of drug-likeness (QED) is 0.636. The summed E-state index contributed by atoms with van der Waals surface area (Å²) in [5.41, 5.74) is 1.42. The van der Waals surface area contributed by atoms with Crippen LogP contribution in [0.3, 0.4) is 0 Å². The molecular weight excluding hydrogens is 381 g/mol. The Balaban J connectivity index is 2.14. The van der Waals surface area contributed by atoms with Crippen molar-refractivity contribution in [2.24, 2.45) is 14.1 Å². The minimum atomic E-state index is -0.398. The van der Waals surface area contributed by atoms with Crippen LogP contribution in [0.4, 0.5) is 0 Å². The molecule has 0 bridgehead atoms. The van der Waals surface area contributed by atoms with Gasteiger partial charge >= 0.3 is 5.69 Å². The average molecular weight is 396 g/mol. The van der Waals surface area contributed by atoms with E-state index in [4.69, 9.17) is 23.2 Å². The minimum absolute atomic E-state index is 0.348. The van der Waals surface area contributed by atoms with Gasteiger partial charge in [-0.3, -0.25) is 13.9 Å². The number of thioether (sulfide) groups is 1. The predicted octanol–water partition coefficient (Wildman–Crippen LogP) is 3.54. The Morgan fingerprint density at radius 1 is 1.16 bits per heavy atom. The summed E-state index contributed by atoms with van der Waals surface area (Å²) in [5.74, 6) is 0.571. The van der Waals surface area contributed by atoms with E-state index in [9.17, 15) is 9.59 Å². The largest absolute Gasteiger partial charge is 0.332 e. The van der Waals surface area contributed by atoms with Crippen LogP contribution in [-0.2, 0) is 19.8 Å². The van der Waals surface area contributed by atoms with Gasteiger partial charge in [0.05, 0.1) is 5.39 Å². The Labute approximate surface area is 158 Å². The highest BCUT2D eigenvalue weighted by Gasteiger charge is 2.16. The van der Waals surface area contributed by atoms with E-state index in [1.54, 1.807) is 25.4 Å². The van der Waals surface area contributed by atoms with Gasteiger partial charge in [0.2, 0.25) is 0 Å². The first-order valence-electron chi connectivity index (χ1n) is 7.43. The summed E-state index contributed by atoms with van der Waals surface area (Å²) in [6, 6.07) is 5.34. The SMILES string of the molecule is Cc1cnc2c(c1SCc1ccc(Cl)cc1Cl)c(=O)n(C)c(=O)n2C. The van der Waals surface area contributed by atoms with Crippen LogP contribution in [0, 0.1) is 6.92 Å². The van der Waals surface area contributed by atoms with Gasteiger partial charge in [-0.2, -0.15) is 0 Å². The predicted molar refractivity (Wildman–Crippen MR) is 103 cm³/mol. The third-order valence-electron chi connectivity index (χ3n) is 3.99. The second-order valence-corrected chi connectivity index (χ2v) is 7.53. The molecule has 0 fully saturated rings. The fraction of sp³-hybridized carbons (Fsp3) is 0.235. The van der Waals surface area contributed by atoms with Crippen molar-refractivity contribution in [2.75, 3.05) is 0 Å². The number of fused-ring (bicyclic) bond motifs is 1. The normalized spacial score (nSPS) is 11.2. The maximum Gasteiger partial charge on any atom is 0.332 e. The van der Waals surface area contributed by atoms with E-state index in [2.05, 4.69) is 4.98 Å². The highest BCUT2D eigenvalue weighted by atomic mass is 35.5. The average Bonchev–Trinajstić information content (AvgIpc) is 2.58. The van der Waals surface area contributed by atoms with Crippen LogP contribution in [0.15, 0.2) is 38.9 Å². The molecule has 2 heterocycles. The van der Waals surface area contributed by atoms with Crippen LogP contribution in [-0.4, -0.2) is 14.1 Å². The highest BCUT2D eigenvalue weighted by Crippen LogP contribution is 2.32. The van der Waals surface area contributed by atoms with Crippen molar-refractivity contribution in [1.82, 2.24) is 14.1 Å². The van der Waals surface area contributed by atoms with Crippen molar-refractivity contribution in [2.45, 2.75) is 17.6 Å². The molecule has 0 amide bonds. The molecule has 0 aliphatic rings. The lowest BCUT2D eigenvalue weighted by Gasteiger charge is -2.13. The topological polar surface area (TPSA) is 56.9 Å². The molecule has 5 nitrogen and oxygen atoms in total. The molecule has 1 aromatic carbocycles. The van der Waals surface area contributed by atoms with Gasteiger partial charge in [-0.1, -0.05) is 29.3 Å². The maximum atomic E-state index is 12.7. The van der Waals surface area contributed by atoms with Crippen molar-refractivity contribution in [3.8, 4) is 0 Å². The van der Waals surface area contributed by atoms with Crippen molar-refractivity contribution >= 4 is 46.0 Å². The number of hydrogen-bond donors (Lipinski definition) is 0. The van der Waals surface area contributed by atoms with E-state index in [0.29, 0.717) is 26.8 Å². The summed E-state index contributed by atoms with van der Waals surface area (Å²) in [4.78, 5) is 29.8. The molecule has 0 aliphatic carbocycles. The van der Waals surface area contributed by atoms with Gasteiger partial charge in [0.1, 0.15) is 5.65 Å². The van der Waals surface area contributed by atoms with E-state index in [1.165, 1.54) is 23.4 Å². The number of aromatic nitrogens is 3. The summed E-state index contributed by atoms with van der Waals surface area (Å²) in [6.07, 6.45) is 1.67. The zero-order valence-electron chi connectivity index (χ0n) is 13.8. The Bertz CT molecular complexity index is 1110. The van der Waals surface area contributed by atoms with E-state index < -0.39 is 5.69 Å². The maximum absolute atomic E-state index is 12.7. The lowest BCUT2D eigenvalue weighted by Crippen LogP contribution is -2.37. The lowest BCUT2D eigenvalue weighted by atomic mass is 10.2. The third-order valence-corrected chi connectivity index (χ3v) is 5.84. The van der Waals surface area contributed by atoms with Crippen molar-refractivity contribution in [1.29, 1.82) is 0 Å². The van der Waals surface area contributed by atoms with Crippen LogP contribution < -0.4 is 11.2 Å². The van der Waals surface area contributed by atoms with Gasteiger partial charge in [-0.15, -0.1) is 11.8 Å². The molecule has 0 atom stereocenters. The molecule has 0 N–H and O–H groups in total. The molecule has 3 aromatic rings. The molecule has 8 heteroatoms. The van der Waals surface area contributed by atoms with Crippen LogP contribution in [0.5, 0.6) is 0 Å². The molecular formula is C17H15Cl2N3O2S. The van der Waals surface area contributed by atoms with E-state index in [0.717, 1.165) is 20.6 Å². The smallest absolute Gasteiger partial charge is 0.280 e. The molecule has 25 heavy (non-hydrogen) atoms. The van der Waals surface area contributed by atoms with Gasteiger partial charge in [-0.25, -0.2) is 9.78 Å². The molecule has 3 rings (SSSR count). The Kier molecular flexibility index (Phi) is 4.95. The van der Waals surface area contributed by atoms with Crippen LogP contribution in [0.1, 0.15) is 11.1 Å². The van der Waals surface area contributed by atoms with Crippen LogP contribution >= 0.6 is 35.0 Å². The summed E-state index contributed by atoms with van der Waals surface area (Å²) in [5, 5.41) is 1.60. The fourth-order valence-corrected chi connectivity index (χ4v) is 4.28. The van der Waals surface area contributed by atoms with Crippen LogP contribution in [0.25, 0.3) is 11.0 Å². The Morgan fingerprint density at radius 2 is 1.88 bits per heavy atom. The second kappa shape index (κ2) is 6.86. The van der Waals surface area contributed by atoms with Crippen molar-refractivity contribution < 1.29 is 0 Å². The van der Waals surface area contributed by atoms with E-state index in [-0.39, 0.29) is 5.56 Å². The van der Waals surface area contributed by atoms with E-state index >= 15 is 0 Å². The number of rotatable bonds is 3. The molecule has 0 unspecified atom stereocenters. The summed E-state index contributed by atoms with van der Waals surface area (Å²) < 4.78 is 2.48. The zero-order valence-corrected chi connectivity index (χ0v) is 16.2. The first kappa shape index (κ1) is 18.0. The van der Waals surface area contributed by atoms with Gasteiger partial charge in [-0.05, 0) is 30.2 Å². The number of aryl methyl sites for hydroxylation is 2. The van der Waals surface area contributed by atoms with Gasteiger partial charge in [0.25, 0.3) is 5.56 Å². The zero-order chi connectivity index (χ0) is 18.3. The first-order valence-corrected chi connectivity index (χ1v) is 9.17. The van der Waals surface area contributed by atoms with Gasteiger partial charge in [0.15, 0.2) is 0 Å². The molecule has 2 aromatic heterocycles. The Hall–Kier alpha value is -1.76. The van der Waals surface area contributed by atoms with Crippen molar-refractivity contribution in [3.63, 3.8) is 0 Å². The van der Waals surface area contributed by atoms with Crippen molar-refractivity contribution in [3.05, 3.63) is 66.4 Å². The summed E-state index contributed by atoms with van der Waals surface area (Å²) in [7, 11) is 3.08.